The van der Waals surface area contributed by atoms with Gasteiger partial charge in [-0.15, -0.1) is 11.3 Å². The number of benzene rings is 1. The lowest BCUT2D eigenvalue weighted by Gasteiger charge is -2.01. The summed E-state index contributed by atoms with van der Waals surface area (Å²) >= 11 is 7.25. The maximum absolute atomic E-state index is 13.3. The predicted molar refractivity (Wildman–Crippen MR) is 68.3 cm³/mol. The Bertz CT molecular complexity index is 594. The molecule has 2 rings (SSSR count). The molecule has 1 heterocycles. The lowest BCUT2D eigenvalue weighted by Crippen LogP contribution is -2.01. The Hall–Kier alpha value is -1.39. The third kappa shape index (κ3) is 2.18. The van der Waals surface area contributed by atoms with Crippen LogP contribution in [0.4, 0.5) is 10.1 Å². The number of aryl methyl sites for hydroxylation is 1. The van der Waals surface area contributed by atoms with Gasteiger partial charge in [0, 0.05) is 5.56 Å². The molecular formula is C12H9ClFNOS. The third-order valence-electron chi connectivity index (χ3n) is 2.37. The highest BCUT2D eigenvalue weighted by Crippen LogP contribution is 2.29. The van der Waals surface area contributed by atoms with Crippen LogP contribution in [-0.2, 0) is 0 Å². The molecule has 5 heteroatoms. The first-order valence-corrected chi connectivity index (χ1v) is 6.09. The molecule has 0 amide bonds. The molecule has 2 aromatic rings. The summed E-state index contributed by atoms with van der Waals surface area (Å²) in [5, 5.41) is 2.22. The first-order valence-electron chi connectivity index (χ1n) is 4.84. The summed E-state index contributed by atoms with van der Waals surface area (Å²) in [4.78, 5) is 12.5. The van der Waals surface area contributed by atoms with E-state index in [-0.39, 0.29) is 17.0 Å². The molecule has 0 saturated heterocycles. The van der Waals surface area contributed by atoms with Crippen molar-refractivity contribution in [2.45, 2.75) is 6.92 Å². The van der Waals surface area contributed by atoms with Crippen LogP contribution in [0, 0.1) is 12.7 Å². The molecule has 2 nitrogen and oxygen atoms in total. The van der Waals surface area contributed by atoms with Crippen LogP contribution in [0.2, 0.25) is 5.02 Å². The van der Waals surface area contributed by atoms with E-state index in [9.17, 15) is 9.18 Å². The fraction of sp³-hybridized carbons (Fsp3) is 0.0833. The molecule has 0 unspecified atom stereocenters. The zero-order chi connectivity index (χ0) is 12.6. The second-order valence-electron chi connectivity index (χ2n) is 3.63. The maximum Gasteiger partial charge on any atom is 0.204 e. The van der Waals surface area contributed by atoms with Crippen molar-refractivity contribution in [3.63, 3.8) is 0 Å². The molecule has 0 aliphatic rings. The fourth-order valence-corrected chi connectivity index (χ4v) is 2.62. The van der Waals surface area contributed by atoms with Gasteiger partial charge in [0.1, 0.15) is 5.82 Å². The molecule has 0 radical (unpaired) electrons. The smallest absolute Gasteiger partial charge is 0.204 e. The fourth-order valence-electron chi connectivity index (χ4n) is 1.38. The van der Waals surface area contributed by atoms with E-state index < -0.39 is 5.82 Å². The van der Waals surface area contributed by atoms with Crippen LogP contribution in [0.15, 0.2) is 23.6 Å². The van der Waals surface area contributed by atoms with Crippen molar-refractivity contribution < 1.29 is 9.18 Å². The largest absolute Gasteiger partial charge is 0.396 e. The molecular weight excluding hydrogens is 261 g/mol. The second-order valence-corrected chi connectivity index (χ2v) is 4.88. The second kappa shape index (κ2) is 4.47. The molecule has 0 saturated carbocycles. The van der Waals surface area contributed by atoms with Gasteiger partial charge in [-0.05, 0) is 36.1 Å². The summed E-state index contributed by atoms with van der Waals surface area (Å²) in [7, 11) is 0. The minimum atomic E-state index is -0.597. The number of anilines is 1. The van der Waals surface area contributed by atoms with Crippen molar-refractivity contribution in [3.05, 3.63) is 50.4 Å². The SMILES string of the molecule is Cc1csc(C(=O)c2ccc(N)c(F)c2)c1Cl. The zero-order valence-corrected chi connectivity index (χ0v) is 10.5. The number of rotatable bonds is 2. The standard InChI is InChI=1S/C12H9ClFNOS/c1-6-5-17-12(10(6)13)11(16)7-2-3-9(15)8(14)4-7/h2-5H,15H2,1H3. The number of nitrogens with two attached hydrogens (primary N) is 1. The monoisotopic (exact) mass is 269 g/mol. The summed E-state index contributed by atoms with van der Waals surface area (Å²) in [5.74, 6) is -0.882. The van der Waals surface area contributed by atoms with Crippen LogP contribution >= 0.6 is 22.9 Å². The number of hydrogen-bond donors (Lipinski definition) is 1. The number of carbonyl (C=O) groups excluding carboxylic acids is 1. The number of hydrogen-bond acceptors (Lipinski definition) is 3. The van der Waals surface area contributed by atoms with Gasteiger partial charge in [-0.3, -0.25) is 4.79 Å². The van der Waals surface area contributed by atoms with Gasteiger partial charge in [0.05, 0.1) is 15.6 Å². The van der Waals surface area contributed by atoms with E-state index in [4.69, 9.17) is 17.3 Å². The summed E-state index contributed by atoms with van der Waals surface area (Å²) < 4.78 is 13.3. The number of carbonyl (C=O) groups is 1. The Kier molecular flexibility index (Phi) is 3.17. The minimum absolute atomic E-state index is 0.0232. The number of thiophene rings is 1. The Morgan fingerprint density at radius 2 is 2.18 bits per heavy atom. The average Bonchev–Trinajstić information content (AvgIpc) is 2.63. The molecule has 1 aromatic carbocycles. The molecule has 0 aliphatic carbocycles. The van der Waals surface area contributed by atoms with Crippen molar-refractivity contribution in [2.24, 2.45) is 0 Å². The third-order valence-corrected chi connectivity index (χ3v) is 4.06. The minimum Gasteiger partial charge on any atom is -0.396 e. The Labute approximate surface area is 107 Å². The van der Waals surface area contributed by atoms with Crippen LogP contribution < -0.4 is 5.73 Å². The van der Waals surface area contributed by atoms with Gasteiger partial charge in [-0.2, -0.15) is 0 Å². The van der Waals surface area contributed by atoms with E-state index in [0.29, 0.717) is 9.90 Å². The molecule has 0 spiro atoms. The van der Waals surface area contributed by atoms with E-state index in [0.717, 1.165) is 11.6 Å². The van der Waals surface area contributed by atoms with Gasteiger partial charge in [0.15, 0.2) is 0 Å². The van der Waals surface area contributed by atoms with Crippen molar-refractivity contribution in [1.29, 1.82) is 0 Å². The molecule has 0 aliphatic heterocycles. The maximum atomic E-state index is 13.3. The van der Waals surface area contributed by atoms with Crippen LogP contribution in [0.1, 0.15) is 20.8 Å². The van der Waals surface area contributed by atoms with Crippen LogP contribution in [0.5, 0.6) is 0 Å². The van der Waals surface area contributed by atoms with E-state index in [1.165, 1.54) is 23.5 Å². The number of nitrogen functional groups attached to an aromatic ring is 1. The lowest BCUT2D eigenvalue weighted by molar-refractivity contribution is 0.104. The van der Waals surface area contributed by atoms with Crippen LogP contribution in [0.25, 0.3) is 0 Å². The van der Waals surface area contributed by atoms with Crippen molar-refractivity contribution in [1.82, 2.24) is 0 Å². The molecule has 88 valence electrons. The Morgan fingerprint density at radius 1 is 1.47 bits per heavy atom. The normalized spacial score (nSPS) is 10.5. The van der Waals surface area contributed by atoms with Crippen LogP contribution in [-0.4, -0.2) is 5.78 Å². The van der Waals surface area contributed by atoms with Crippen molar-refractivity contribution in [2.75, 3.05) is 5.73 Å². The van der Waals surface area contributed by atoms with E-state index >= 15 is 0 Å². The zero-order valence-electron chi connectivity index (χ0n) is 8.96. The summed E-state index contributed by atoms with van der Waals surface area (Å²) in [5.41, 5.74) is 6.47. The Balaban J connectivity index is 2.44. The van der Waals surface area contributed by atoms with Gasteiger partial charge >= 0.3 is 0 Å². The topological polar surface area (TPSA) is 43.1 Å². The highest BCUT2D eigenvalue weighted by Gasteiger charge is 2.17. The van der Waals surface area contributed by atoms with Gasteiger partial charge in [0.25, 0.3) is 0 Å². The molecule has 17 heavy (non-hydrogen) atoms. The van der Waals surface area contributed by atoms with Crippen LogP contribution in [0.3, 0.4) is 0 Å². The van der Waals surface area contributed by atoms with Gasteiger partial charge in [-0.25, -0.2) is 4.39 Å². The predicted octanol–water partition coefficient (Wildman–Crippen LogP) is 3.66. The van der Waals surface area contributed by atoms with Gasteiger partial charge in [-0.1, -0.05) is 11.6 Å². The lowest BCUT2D eigenvalue weighted by atomic mass is 10.1. The molecule has 0 bridgehead atoms. The molecule has 0 fully saturated rings. The van der Waals surface area contributed by atoms with Gasteiger partial charge < -0.3 is 5.73 Å². The summed E-state index contributed by atoms with van der Waals surface area (Å²) in [6, 6.07) is 3.99. The first kappa shape index (κ1) is 12.1. The quantitative estimate of drug-likeness (QED) is 0.668. The molecule has 2 N–H and O–H groups in total. The van der Waals surface area contributed by atoms with Gasteiger partial charge in [0.2, 0.25) is 5.78 Å². The summed E-state index contributed by atoms with van der Waals surface area (Å²) in [6.45, 7) is 1.82. The van der Waals surface area contributed by atoms with E-state index in [2.05, 4.69) is 0 Å². The van der Waals surface area contributed by atoms with Crippen molar-refractivity contribution in [3.8, 4) is 0 Å². The highest BCUT2D eigenvalue weighted by atomic mass is 35.5. The van der Waals surface area contributed by atoms with Crippen molar-refractivity contribution >= 4 is 34.4 Å². The molecule has 0 atom stereocenters. The summed E-state index contributed by atoms with van der Waals surface area (Å²) in [6.07, 6.45) is 0. The van der Waals surface area contributed by atoms with E-state index in [1.54, 1.807) is 5.38 Å². The van der Waals surface area contributed by atoms with E-state index in [1.807, 2.05) is 6.92 Å². The number of halogens is 2. The average molecular weight is 270 g/mol. The highest BCUT2D eigenvalue weighted by molar-refractivity contribution is 7.13. The molecule has 1 aromatic heterocycles. The Morgan fingerprint density at radius 3 is 2.71 bits per heavy atom. The number of ketones is 1. The first-order chi connectivity index (χ1) is 8.00.